The van der Waals surface area contributed by atoms with Gasteiger partial charge in [0.05, 0.1) is 11.7 Å². The molecule has 76 valence electrons. The number of carbonyl (C=O) groups is 1. The first-order valence-electron chi connectivity index (χ1n) is 3.96. The van der Waals surface area contributed by atoms with Crippen LogP contribution in [0.15, 0.2) is 30.3 Å². The largest absolute Gasteiger partial charge is 0.772 e. The second-order valence-electron chi connectivity index (χ2n) is 2.76. The van der Waals surface area contributed by atoms with Crippen molar-refractivity contribution in [3.05, 3.63) is 35.9 Å². The van der Waals surface area contributed by atoms with Gasteiger partial charge in [0.25, 0.3) is 0 Å². The van der Waals surface area contributed by atoms with E-state index in [2.05, 4.69) is 0 Å². The molecule has 1 N–H and O–H groups in total. The lowest BCUT2D eigenvalue weighted by Crippen LogP contribution is -2.11. The van der Waals surface area contributed by atoms with Crippen molar-refractivity contribution in [3.8, 4) is 0 Å². The van der Waals surface area contributed by atoms with Gasteiger partial charge < -0.3 is 9.66 Å². The fraction of sp³-hybridized carbons (Fsp3) is 0.222. The lowest BCUT2D eigenvalue weighted by Gasteiger charge is -2.17. The Balaban J connectivity index is 2.89. The molecule has 0 heterocycles. The summed E-state index contributed by atoms with van der Waals surface area (Å²) in [7, 11) is 0. The summed E-state index contributed by atoms with van der Waals surface area (Å²) in [5.74, 6) is -1.12. The van der Waals surface area contributed by atoms with E-state index in [0.717, 1.165) is 0 Å². The van der Waals surface area contributed by atoms with E-state index >= 15 is 0 Å². The van der Waals surface area contributed by atoms with Crippen molar-refractivity contribution in [2.75, 3.05) is 0 Å². The van der Waals surface area contributed by atoms with Crippen LogP contribution in [0.1, 0.15) is 17.2 Å². The Morgan fingerprint density at radius 3 is 2.43 bits per heavy atom. The minimum absolute atomic E-state index is 0.403. The molecule has 2 unspecified atom stereocenters. The molecule has 0 aliphatic carbocycles. The molecular formula is C9H9O4S-. The fourth-order valence-electron chi connectivity index (χ4n) is 1.12. The van der Waals surface area contributed by atoms with E-state index in [4.69, 9.17) is 5.11 Å². The monoisotopic (exact) mass is 213 g/mol. The smallest absolute Gasteiger partial charge is 0.304 e. The Morgan fingerprint density at radius 2 is 2.00 bits per heavy atom. The van der Waals surface area contributed by atoms with E-state index in [9.17, 15) is 13.6 Å². The van der Waals surface area contributed by atoms with Crippen LogP contribution in [0, 0.1) is 0 Å². The number of aliphatic carboxylic acids is 1. The molecule has 2 atom stereocenters. The molecule has 1 rings (SSSR count). The van der Waals surface area contributed by atoms with Gasteiger partial charge >= 0.3 is 5.97 Å². The number of benzene rings is 1. The molecule has 1 aromatic carbocycles. The van der Waals surface area contributed by atoms with Gasteiger partial charge in [0.15, 0.2) is 0 Å². The van der Waals surface area contributed by atoms with E-state index in [0.29, 0.717) is 5.56 Å². The van der Waals surface area contributed by atoms with E-state index in [-0.39, 0.29) is 0 Å². The molecule has 0 spiro atoms. The van der Waals surface area contributed by atoms with Gasteiger partial charge in [-0.2, -0.15) is 0 Å². The zero-order chi connectivity index (χ0) is 10.6. The number of carboxylic acids is 1. The third kappa shape index (κ3) is 2.93. The van der Waals surface area contributed by atoms with Gasteiger partial charge in [0.1, 0.15) is 0 Å². The number of rotatable bonds is 4. The van der Waals surface area contributed by atoms with Gasteiger partial charge in [0.2, 0.25) is 0 Å². The number of carboxylic acid groups (broad SMARTS) is 1. The van der Waals surface area contributed by atoms with Crippen molar-refractivity contribution in [1.29, 1.82) is 0 Å². The van der Waals surface area contributed by atoms with Gasteiger partial charge in [-0.1, -0.05) is 30.3 Å². The molecule has 14 heavy (non-hydrogen) atoms. The summed E-state index contributed by atoms with van der Waals surface area (Å²) in [5.41, 5.74) is 0.503. The zero-order valence-electron chi connectivity index (χ0n) is 7.25. The molecule has 1 aromatic rings. The Kier molecular flexibility index (Phi) is 3.79. The van der Waals surface area contributed by atoms with E-state index < -0.39 is 28.7 Å². The highest BCUT2D eigenvalue weighted by Gasteiger charge is 2.15. The van der Waals surface area contributed by atoms with Crippen molar-refractivity contribution >= 4 is 17.0 Å². The Labute approximate surface area is 83.9 Å². The summed E-state index contributed by atoms with van der Waals surface area (Å²) in [6.07, 6.45) is -0.403. The Bertz CT molecular complexity index is 336. The van der Waals surface area contributed by atoms with Crippen LogP contribution in [0.25, 0.3) is 0 Å². The molecule has 0 aliphatic rings. The maximum Gasteiger partial charge on any atom is 0.304 e. The molecule has 0 fully saturated rings. The van der Waals surface area contributed by atoms with Gasteiger partial charge in [-0.25, -0.2) is 0 Å². The Morgan fingerprint density at radius 1 is 1.43 bits per heavy atom. The molecule has 4 nitrogen and oxygen atoms in total. The van der Waals surface area contributed by atoms with E-state index in [1.165, 1.54) is 0 Å². The molecule has 0 aliphatic heterocycles. The summed E-state index contributed by atoms with van der Waals surface area (Å²) in [5, 5.41) is 7.56. The number of hydrogen-bond donors (Lipinski definition) is 1. The van der Waals surface area contributed by atoms with Crippen molar-refractivity contribution < 1.29 is 18.7 Å². The summed E-state index contributed by atoms with van der Waals surface area (Å²) < 4.78 is 21.5. The van der Waals surface area contributed by atoms with Crippen LogP contribution in [0.3, 0.4) is 0 Å². The quantitative estimate of drug-likeness (QED) is 0.759. The first-order valence-corrected chi connectivity index (χ1v) is 5.10. The summed E-state index contributed by atoms with van der Waals surface area (Å²) in [6.45, 7) is 0. The van der Waals surface area contributed by atoms with Gasteiger partial charge in [-0.15, -0.1) is 0 Å². The van der Waals surface area contributed by atoms with Crippen molar-refractivity contribution in [1.82, 2.24) is 0 Å². The van der Waals surface area contributed by atoms with Crippen LogP contribution in [0.4, 0.5) is 0 Å². The van der Waals surface area contributed by atoms with Crippen LogP contribution in [-0.2, 0) is 15.9 Å². The molecule has 0 radical (unpaired) electrons. The summed E-state index contributed by atoms with van der Waals surface area (Å²) >= 11 is -2.41. The Hall–Kier alpha value is -1.20. The first-order chi connectivity index (χ1) is 6.61. The van der Waals surface area contributed by atoms with Crippen molar-refractivity contribution in [3.63, 3.8) is 0 Å². The zero-order valence-corrected chi connectivity index (χ0v) is 8.07. The average molecular weight is 213 g/mol. The molecule has 5 heteroatoms. The first kappa shape index (κ1) is 10.9. The highest BCUT2D eigenvalue weighted by Crippen LogP contribution is 2.21. The van der Waals surface area contributed by atoms with E-state index in [1.54, 1.807) is 30.3 Å². The third-order valence-electron chi connectivity index (χ3n) is 1.76. The van der Waals surface area contributed by atoms with E-state index in [1.807, 2.05) is 0 Å². The summed E-state index contributed by atoms with van der Waals surface area (Å²) in [4.78, 5) is 10.4. The lowest BCUT2D eigenvalue weighted by atomic mass is 10.1. The predicted molar refractivity (Wildman–Crippen MR) is 50.4 cm³/mol. The minimum Gasteiger partial charge on any atom is -0.772 e. The molecular weight excluding hydrogens is 204 g/mol. The second kappa shape index (κ2) is 4.88. The van der Waals surface area contributed by atoms with Crippen LogP contribution in [-0.4, -0.2) is 19.8 Å². The predicted octanol–water partition coefficient (Wildman–Crippen LogP) is 1.08. The number of hydrogen-bond acceptors (Lipinski definition) is 3. The molecule has 0 saturated carbocycles. The molecule has 0 saturated heterocycles. The molecule has 0 amide bonds. The highest BCUT2D eigenvalue weighted by atomic mass is 32.2. The van der Waals surface area contributed by atoms with Crippen molar-refractivity contribution in [2.24, 2.45) is 0 Å². The maximum absolute atomic E-state index is 10.8. The van der Waals surface area contributed by atoms with Crippen LogP contribution < -0.4 is 0 Å². The van der Waals surface area contributed by atoms with Crippen LogP contribution in [0.2, 0.25) is 0 Å². The van der Waals surface area contributed by atoms with Gasteiger partial charge in [-0.05, 0) is 16.6 Å². The maximum atomic E-state index is 10.8. The highest BCUT2D eigenvalue weighted by molar-refractivity contribution is 7.79. The summed E-state index contributed by atoms with van der Waals surface area (Å²) in [6, 6.07) is 8.30. The SMILES string of the molecule is O=C(O)CC(c1ccccc1)S(=O)[O-]. The van der Waals surface area contributed by atoms with Gasteiger partial charge in [0, 0.05) is 0 Å². The van der Waals surface area contributed by atoms with Crippen molar-refractivity contribution in [2.45, 2.75) is 11.7 Å². The normalized spacial score (nSPS) is 14.6. The molecule has 0 bridgehead atoms. The van der Waals surface area contributed by atoms with Gasteiger partial charge in [-0.3, -0.25) is 9.00 Å². The molecule has 0 aromatic heterocycles. The second-order valence-corrected chi connectivity index (χ2v) is 3.85. The minimum atomic E-state index is -2.41. The van der Waals surface area contributed by atoms with Crippen LogP contribution >= 0.6 is 0 Å². The standard InChI is InChI=1S/C9H10O4S/c10-9(11)6-8(14(12)13)7-4-2-1-3-5-7/h1-5,8H,6H2,(H,10,11)(H,12,13)/p-1. The van der Waals surface area contributed by atoms with Crippen LogP contribution in [0.5, 0.6) is 0 Å². The third-order valence-corrected chi connectivity index (χ3v) is 2.67. The lowest BCUT2D eigenvalue weighted by molar-refractivity contribution is -0.137. The topological polar surface area (TPSA) is 77.4 Å². The average Bonchev–Trinajstić information content (AvgIpc) is 2.15. The fourth-order valence-corrected chi connectivity index (χ4v) is 1.78.